The lowest BCUT2D eigenvalue weighted by atomic mass is 10.7. The van der Waals surface area contributed by atoms with Gasteiger partial charge in [0.2, 0.25) is 0 Å². The van der Waals surface area contributed by atoms with Gasteiger partial charge in [-0.15, -0.1) is 0 Å². The summed E-state index contributed by atoms with van der Waals surface area (Å²) < 4.78 is 4.27. The van der Waals surface area contributed by atoms with Crippen molar-refractivity contribution in [1.29, 1.82) is 0 Å². The molecular weight excluding hydrogens is 188 g/mol. The van der Waals surface area contributed by atoms with Crippen LogP contribution < -0.4 is 0 Å². The molecule has 0 fully saturated rings. The number of nitrogens with zero attached hydrogens (tertiary/aromatic N) is 4. The van der Waals surface area contributed by atoms with Crippen LogP contribution in [0.2, 0.25) is 0 Å². The topological polar surface area (TPSA) is 35.2 Å². The van der Waals surface area contributed by atoms with Crippen LogP contribution in [0.4, 0.5) is 0 Å². The van der Waals surface area contributed by atoms with Gasteiger partial charge in [0.25, 0.3) is 0 Å². The average molecular weight is 202 g/mol. The van der Waals surface area contributed by atoms with Crippen LogP contribution in [0.5, 0.6) is 0 Å². The highest BCUT2D eigenvalue weighted by Crippen LogP contribution is 1.98. The zero-order chi connectivity index (χ0) is 10.0. The molecule has 5 nitrogen and oxygen atoms in total. The zero-order valence-corrected chi connectivity index (χ0v) is 9.13. The molecule has 0 aliphatic carbocycles. The molecule has 0 saturated carbocycles. The lowest BCUT2D eigenvalue weighted by Crippen LogP contribution is -2.21. The summed E-state index contributed by atoms with van der Waals surface area (Å²) in [6.07, 6.45) is 0. The molecule has 0 aliphatic heterocycles. The molecule has 13 heavy (non-hydrogen) atoms. The third kappa shape index (κ3) is 2.15. The van der Waals surface area contributed by atoms with Crippen LogP contribution in [0.1, 0.15) is 5.82 Å². The van der Waals surface area contributed by atoms with Gasteiger partial charge >= 0.3 is 0 Å². The molecule has 0 aliphatic rings. The fraction of sp³-hybridized carbons (Fsp3) is 0.714. The molecule has 0 radical (unpaired) electrons. The first-order chi connectivity index (χ1) is 6.06. The molecule has 0 aromatic carbocycles. The van der Waals surface area contributed by atoms with Gasteiger partial charge in [0, 0.05) is 14.1 Å². The molecule has 0 bridgehead atoms. The third-order valence-corrected chi connectivity index (χ3v) is 2.39. The average Bonchev–Trinajstić information content (AvgIpc) is 2.34. The Kier molecular flexibility index (Phi) is 3.18. The third-order valence-electron chi connectivity index (χ3n) is 1.90. The normalized spacial score (nSPS) is 11.2. The summed E-state index contributed by atoms with van der Waals surface area (Å²) >= 11 is 5.16. The molecule has 0 N–H and O–H groups in total. The summed E-state index contributed by atoms with van der Waals surface area (Å²) in [4.78, 5) is 4.98. The molecule has 0 amide bonds. The Hall–Kier alpha value is -0.720. The van der Waals surface area contributed by atoms with Gasteiger partial charge in [-0.3, -0.25) is 0 Å². The van der Waals surface area contributed by atoms with Crippen molar-refractivity contribution in [3.05, 3.63) is 10.6 Å². The minimum atomic E-state index is 0.539. The first-order valence-corrected chi connectivity index (χ1v) is 4.32. The van der Waals surface area contributed by atoms with Crippen LogP contribution in [0, 0.1) is 11.7 Å². The molecule has 1 heterocycles. The Morgan fingerprint density at radius 1 is 1.62 bits per heavy atom. The largest absolute Gasteiger partial charge is 0.307 e. The molecule has 0 unspecified atom stereocenters. The Labute approximate surface area is 82.5 Å². The van der Waals surface area contributed by atoms with Crippen LogP contribution in [0.25, 0.3) is 0 Å². The minimum absolute atomic E-state index is 0.539. The molecule has 0 saturated heterocycles. The van der Waals surface area contributed by atoms with Gasteiger partial charge < -0.3 is 9.40 Å². The van der Waals surface area contributed by atoms with E-state index in [0.717, 1.165) is 5.82 Å². The van der Waals surface area contributed by atoms with E-state index < -0.39 is 0 Å². The van der Waals surface area contributed by atoms with Crippen molar-refractivity contribution in [2.24, 2.45) is 7.05 Å². The second-order valence-corrected chi connectivity index (χ2v) is 3.21. The standard InChI is InChI=1S/C7H14N4OS/c1-6-8-11(5-9(2)12-4)7(13)10(6)3/h5H2,1-4H3. The maximum absolute atomic E-state index is 5.16. The van der Waals surface area contributed by atoms with Gasteiger partial charge in [-0.1, -0.05) is 0 Å². The predicted octanol–water partition coefficient (Wildman–Crippen LogP) is 0.710. The SMILES string of the molecule is CON(C)Cn1nc(C)n(C)c1=S. The summed E-state index contributed by atoms with van der Waals surface area (Å²) in [5, 5.41) is 5.91. The Balaban J connectivity index is 2.90. The number of hydrogen-bond donors (Lipinski definition) is 0. The lowest BCUT2D eigenvalue weighted by molar-refractivity contribution is -0.134. The molecule has 1 rings (SSSR count). The summed E-state index contributed by atoms with van der Waals surface area (Å²) in [7, 11) is 5.33. The smallest absolute Gasteiger partial charge is 0.198 e. The van der Waals surface area contributed by atoms with Crippen molar-refractivity contribution >= 4 is 12.2 Å². The predicted molar refractivity (Wildman–Crippen MR) is 51.5 cm³/mol. The second kappa shape index (κ2) is 3.99. The van der Waals surface area contributed by atoms with Gasteiger partial charge in [0.1, 0.15) is 12.5 Å². The van der Waals surface area contributed by atoms with Crippen LogP contribution in [-0.2, 0) is 18.6 Å². The summed E-state index contributed by atoms with van der Waals surface area (Å²) in [6.45, 7) is 2.45. The van der Waals surface area contributed by atoms with Crippen LogP contribution in [-0.4, -0.2) is 33.6 Å². The quantitative estimate of drug-likeness (QED) is 0.534. The van der Waals surface area contributed by atoms with E-state index in [1.165, 1.54) is 0 Å². The van der Waals surface area contributed by atoms with Crippen LogP contribution >= 0.6 is 12.2 Å². The van der Waals surface area contributed by atoms with E-state index >= 15 is 0 Å². The maximum atomic E-state index is 5.16. The first-order valence-electron chi connectivity index (χ1n) is 3.92. The number of rotatable bonds is 3. The van der Waals surface area contributed by atoms with E-state index in [0.29, 0.717) is 11.4 Å². The van der Waals surface area contributed by atoms with Gasteiger partial charge in [0.05, 0.1) is 7.11 Å². The van der Waals surface area contributed by atoms with E-state index in [9.17, 15) is 0 Å². The molecule has 1 aromatic rings. The molecule has 1 aromatic heterocycles. The minimum Gasteiger partial charge on any atom is -0.307 e. The Bertz CT molecular complexity index is 343. The number of aryl methyl sites for hydroxylation is 1. The fourth-order valence-electron chi connectivity index (χ4n) is 0.935. The first kappa shape index (κ1) is 10.4. The van der Waals surface area contributed by atoms with E-state index in [1.807, 2.05) is 25.6 Å². The molecular formula is C7H14N4OS. The van der Waals surface area contributed by atoms with E-state index in [-0.39, 0.29) is 0 Å². The van der Waals surface area contributed by atoms with Crippen molar-refractivity contribution in [2.75, 3.05) is 14.2 Å². The summed E-state index contributed by atoms with van der Waals surface area (Å²) in [5.41, 5.74) is 0. The van der Waals surface area contributed by atoms with E-state index in [4.69, 9.17) is 17.1 Å². The van der Waals surface area contributed by atoms with E-state index in [2.05, 4.69) is 5.10 Å². The summed E-state index contributed by atoms with van der Waals surface area (Å²) in [6, 6.07) is 0. The lowest BCUT2D eigenvalue weighted by Gasteiger charge is -2.12. The highest BCUT2D eigenvalue weighted by atomic mass is 32.1. The molecule has 0 spiro atoms. The zero-order valence-electron chi connectivity index (χ0n) is 8.31. The van der Waals surface area contributed by atoms with Crippen LogP contribution in [0.15, 0.2) is 0 Å². The van der Waals surface area contributed by atoms with Gasteiger partial charge in [-0.05, 0) is 19.1 Å². The fourth-order valence-corrected chi connectivity index (χ4v) is 1.17. The second-order valence-electron chi connectivity index (χ2n) is 2.84. The Morgan fingerprint density at radius 2 is 2.23 bits per heavy atom. The maximum Gasteiger partial charge on any atom is 0.198 e. The van der Waals surface area contributed by atoms with Gasteiger partial charge in [-0.25, -0.2) is 4.68 Å². The van der Waals surface area contributed by atoms with Crippen molar-refractivity contribution in [3.63, 3.8) is 0 Å². The van der Waals surface area contributed by atoms with Crippen molar-refractivity contribution in [2.45, 2.75) is 13.6 Å². The van der Waals surface area contributed by atoms with Gasteiger partial charge in [-0.2, -0.15) is 10.2 Å². The number of hydroxylamine groups is 2. The highest BCUT2D eigenvalue weighted by molar-refractivity contribution is 7.71. The number of aromatic nitrogens is 3. The molecule has 0 atom stereocenters. The molecule has 74 valence electrons. The Morgan fingerprint density at radius 3 is 2.62 bits per heavy atom. The molecule has 6 heteroatoms. The van der Waals surface area contributed by atoms with Crippen LogP contribution in [0.3, 0.4) is 0 Å². The summed E-state index contributed by atoms with van der Waals surface area (Å²) in [5.74, 6) is 0.898. The monoisotopic (exact) mass is 202 g/mol. The number of hydrogen-bond acceptors (Lipinski definition) is 4. The van der Waals surface area contributed by atoms with Crippen molar-refractivity contribution in [1.82, 2.24) is 19.4 Å². The van der Waals surface area contributed by atoms with Crippen molar-refractivity contribution in [3.8, 4) is 0 Å². The highest BCUT2D eigenvalue weighted by Gasteiger charge is 2.04. The van der Waals surface area contributed by atoms with Crippen molar-refractivity contribution < 1.29 is 4.84 Å². The van der Waals surface area contributed by atoms with Gasteiger partial charge in [0.15, 0.2) is 4.77 Å². The van der Waals surface area contributed by atoms with E-state index in [1.54, 1.807) is 16.9 Å².